The van der Waals surface area contributed by atoms with Crippen LogP contribution in [-0.4, -0.2) is 65.3 Å². The smallest absolute Gasteiger partial charge is 0.307 e. The number of carbonyl (C=O) groups excluding carboxylic acids is 2. The zero-order chi connectivity index (χ0) is 24.2. The highest BCUT2D eigenvalue weighted by molar-refractivity contribution is 5.69. The molecule has 33 heavy (non-hydrogen) atoms. The van der Waals surface area contributed by atoms with Crippen molar-refractivity contribution in [1.82, 2.24) is 0 Å². The van der Waals surface area contributed by atoms with E-state index in [1.165, 1.54) is 77.7 Å². The van der Waals surface area contributed by atoms with E-state index in [-0.39, 0.29) is 25.0 Å². The Labute approximate surface area is 202 Å². The minimum absolute atomic E-state index is 0.137. The zero-order valence-corrected chi connectivity index (χ0v) is 21.4. The average molecular weight is 475 g/mol. The molecule has 0 rings (SSSR count). The van der Waals surface area contributed by atoms with Gasteiger partial charge in [0.1, 0.15) is 6.61 Å². The summed E-state index contributed by atoms with van der Waals surface area (Å²) < 4.78 is 25.7. The first kappa shape index (κ1) is 31.8. The molecule has 0 spiro atoms. The van der Waals surface area contributed by atoms with Crippen LogP contribution in [0, 0.1) is 0 Å². The van der Waals surface area contributed by atoms with E-state index in [1.54, 1.807) is 0 Å². The van der Waals surface area contributed by atoms with Crippen LogP contribution in [-0.2, 0) is 33.3 Å². The van der Waals surface area contributed by atoms with Gasteiger partial charge in [0.15, 0.2) is 0 Å². The van der Waals surface area contributed by atoms with Crippen molar-refractivity contribution in [3.8, 4) is 0 Å². The first-order chi connectivity index (χ1) is 16.2. The van der Waals surface area contributed by atoms with Gasteiger partial charge in [0.25, 0.3) is 0 Å². The molecule has 0 saturated heterocycles. The number of ether oxygens (including phenoxy) is 5. The Morgan fingerprint density at radius 2 is 0.909 bits per heavy atom. The molecule has 0 N–H and O–H groups in total. The van der Waals surface area contributed by atoms with Crippen LogP contribution < -0.4 is 0 Å². The van der Waals surface area contributed by atoms with Crippen molar-refractivity contribution in [2.45, 2.75) is 103 Å². The summed E-state index contributed by atoms with van der Waals surface area (Å²) in [5.41, 5.74) is 0. The van der Waals surface area contributed by atoms with Crippen molar-refractivity contribution in [1.29, 1.82) is 0 Å². The van der Waals surface area contributed by atoms with Gasteiger partial charge in [-0.25, -0.2) is 0 Å². The molecule has 0 aromatic rings. The molecule has 196 valence electrons. The van der Waals surface area contributed by atoms with Crippen LogP contribution in [0.15, 0.2) is 0 Å². The Bertz CT molecular complexity index is 429. The molecule has 7 nitrogen and oxygen atoms in total. The van der Waals surface area contributed by atoms with Crippen LogP contribution in [0.2, 0.25) is 0 Å². The lowest BCUT2D eigenvalue weighted by atomic mass is 10.0. The Hall–Kier alpha value is -1.18. The van der Waals surface area contributed by atoms with Gasteiger partial charge in [-0.2, -0.15) is 0 Å². The predicted octanol–water partition coefficient (Wildman–Crippen LogP) is 5.62. The third kappa shape index (κ3) is 26.9. The van der Waals surface area contributed by atoms with E-state index >= 15 is 0 Å². The maximum absolute atomic E-state index is 11.7. The number of hydrogen-bond donors (Lipinski definition) is 0. The third-order valence-corrected chi connectivity index (χ3v) is 5.40. The third-order valence-electron chi connectivity index (χ3n) is 5.40. The lowest BCUT2D eigenvalue weighted by Gasteiger charge is -2.07. The molecule has 0 saturated carbocycles. The number of hydrogen-bond acceptors (Lipinski definition) is 7. The standard InChI is InChI=1S/C26H50O7/c1-3-4-5-6-7-8-9-10-11-12-13-14-15-16-26(28)33-24-23-32-22-21-31-20-19-30-18-17-25(27)29-2/h3-24H2,1-2H3. The molecule has 0 fully saturated rings. The molecule has 0 atom stereocenters. The van der Waals surface area contributed by atoms with Crippen molar-refractivity contribution in [3.63, 3.8) is 0 Å². The molecule has 0 aromatic carbocycles. The molecular formula is C26H50O7. The molecule has 0 amide bonds. The second-order valence-electron chi connectivity index (χ2n) is 8.38. The SMILES string of the molecule is CCCCCCCCCCCCCCCC(=O)OCCOCCOCCOCCC(=O)OC. The van der Waals surface area contributed by atoms with Gasteiger partial charge in [0.2, 0.25) is 0 Å². The predicted molar refractivity (Wildman–Crippen MR) is 130 cm³/mol. The first-order valence-electron chi connectivity index (χ1n) is 13.2. The molecule has 0 unspecified atom stereocenters. The molecule has 0 aliphatic heterocycles. The Balaban J connectivity index is 3.17. The fourth-order valence-corrected chi connectivity index (χ4v) is 3.37. The van der Waals surface area contributed by atoms with E-state index < -0.39 is 0 Å². The molecular weight excluding hydrogens is 424 g/mol. The fourth-order valence-electron chi connectivity index (χ4n) is 3.37. The normalized spacial score (nSPS) is 11.0. The minimum Gasteiger partial charge on any atom is -0.469 e. The summed E-state index contributed by atoms with van der Waals surface area (Å²) in [6.07, 6.45) is 17.6. The summed E-state index contributed by atoms with van der Waals surface area (Å²) in [6.45, 7) is 5.02. The van der Waals surface area contributed by atoms with Gasteiger partial charge in [-0.05, 0) is 6.42 Å². The second kappa shape index (κ2) is 27.1. The zero-order valence-electron chi connectivity index (χ0n) is 21.4. The van der Waals surface area contributed by atoms with Crippen LogP contribution >= 0.6 is 0 Å². The monoisotopic (exact) mass is 474 g/mol. The topological polar surface area (TPSA) is 80.3 Å². The van der Waals surface area contributed by atoms with E-state index in [0.717, 1.165) is 12.8 Å². The van der Waals surface area contributed by atoms with Crippen molar-refractivity contribution in [2.24, 2.45) is 0 Å². The van der Waals surface area contributed by atoms with Gasteiger partial charge in [-0.1, -0.05) is 84.0 Å². The lowest BCUT2D eigenvalue weighted by Crippen LogP contribution is -2.14. The maximum atomic E-state index is 11.7. The molecule has 0 radical (unpaired) electrons. The summed E-state index contributed by atoms with van der Waals surface area (Å²) in [5.74, 6) is -0.420. The van der Waals surface area contributed by atoms with Crippen LogP contribution in [0.4, 0.5) is 0 Å². The van der Waals surface area contributed by atoms with Gasteiger partial charge in [-0.3, -0.25) is 9.59 Å². The summed E-state index contributed by atoms with van der Waals surface area (Å²) >= 11 is 0. The molecule has 0 heterocycles. The van der Waals surface area contributed by atoms with Crippen molar-refractivity contribution in [2.75, 3.05) is 53.4 Å². The summed E-state index contributed by atoms with van der Waals surface area (Å²) in [5, 5.41) is 0. The Morgan fingerprint density at radius 3 is 1.39 bits per heavy atom. The molecule has 7 heteroatoms. The minimum atomic E-state index is -0.283. The highest BCUT2D eigenvalue weighted by Crippen LogP contribution is 2.13. The number of unbranched alkanes of at least 4 members (excludes halogenated alkanes) is 12. The van der Waals surface area contributed by atoms with E-state index in [0.29, 0.717) is 46.1 Å². The van der Waals surface area contributed by atoms with Gasteiger partial charge >= 0.3 is 11.9 Å². The second-order valence-corrected chi connectivity index (χ2v) is 8.38. The van der Waals surface area contributed by atoms with Gasteiger partial charge in [-0.15, -0.1) is 0 Å². The molecule has 0 aliphatic carbocycles. The van der Waals surface area contributed by atoms with Crippen LogP contribution in [0.1, 0.15) is 103 Å². The van der Waals surface area contributed by atoms with Crippen molar-refractivity contribution < 1.29 is 33.3 Å². The first-order valence-corrected chi connectivity index (χ1v) is 13.2. The van der Waals surface area contributed by atoms with Gasteiger partial charge in [0, 0.05) is 6.42 Å². The quantitative estimate of drug-likeness (QED) is 0.119. The van der Waals surface area contributed by atoms with E-state index in [4.69, 9.17) is 18.9 Å². The number of methoxy groups -OCH3 is 1. The lowest BCUT2D eigenvalue weighted by molar-refractivity contribution is -0.145. The van der Waals surface area contributed by atoms with Crippen LogP contribution in [0.5, 0.6) is 0 Å². The van der Waals surface area contributed by atoms with E-state index in [9.17, 15) is 9.59 Å². The van der Waals surface area contributed by atoms with Crippen LogP contribution in [0.3, 0.4) is 0 Å². The number of esters is 2. The maximum Gasteiger partial charge on any atom is 0.307 e. The summed E-state index contributed by atoms with van der Waals surface area (Å²) in [6, 6.07) is 0. The number of carbonyl (C=O) groups is 2. The average Bonchev–Trinajstić information content (AvgIpc) is 2.82. The number of rotatable bonds is 26. The van der Waals surface area contributed by atoms with Crippen LogP contribution in [0.25, 0.3) is 0 Å². The highest BCUT2D eigenvalue weighted by atomic mass is 16.6. The molecule has 0 aliphatic rings. The Morgan fingerprint density at radius 1 is 0.485 bits per heavy atom. The largest absolute Gasteiger partial charge is 0.469 e. The molecule has 0 aromatic heterocycles. The van der Waals surface area contributed by atoms with Gasteiger partial charge in [0.05, 0.1) is 53.2 Å². The van der Waals surface area contributed by atoms with E-state index in [1.807, 2.05) is 0 Å². The molecule has 0 bridgehead atoms. The summed E-state index contributed by atoms with van der Waals surface area (Å²) in [7, 11) is 1.35. The van der Waals surface area contributed by atoms with Gasteiger partial charge < -0.3 is 23.7 Å². The summed E-state index contributed by atoms with van der Waals surface area (Å²) in [4.78, 5) is 22.6. The highest BCUT2D eigenvalue weighted by Gasteiger charge is 2.03. The van der Waals surface area contributed by atoms with Crippen molar-refractivity contribution >= 4 is 11.9 Å². The fraction of sp³-hybridized carbons (Fsp3) is 0.923. The Kier molecular flexibility index (Phi) is 26.1. The van der Waals surface area contributed by atoms with E-state index in [2.05, 4.69) is 11.7 Å². The van der Waals surface area contributed by atoms with Crippen molar-refractivity contribution in [3.05, 3.63) is 0 Å².